The second kappa shape index (κ2) is 12.5. The van der Waals surface area contributed by atoms with Crippen LogP contribution in [0, 0.1) is 62.1 Å². The molecule has 0 saturated heterocycles. The van der Waals surface area contributed by atoms with Gasteiger partial charge in [0.2, 0.25) is 5.91 Å². The van der Waals surface area contributed by atoms with Gasteiger partial charge in [-0.1, -0.05) is 66.7 Å². The van der Waals surface area contributed by atoms with E-state index in [4.69, 9.17) is 4.74 Å². The maximum atomic E-state index is 14.3. The summed E-state index contributed by atoms with van der Waals surface area (Å²) in [7, 11) is 0. The van der Waals surface area contributed by atoms with Crippen molar-refractivity contribution in [3.05, 3.63) is 34.5 Å². The first-order valence-corrected chi connectivity index (χ1v) is 20.1. The molecule has 1 amide bonds. The van der Waals surface area contributed by atoms with E-state index in [1.54, 1.807) is 11.3 Å². The normalized spacial score (nSPS) is 41.0. The molecule has 10 atom stereocenters. The highest BCUT2D eigenvalue weighted by atomic mass is 32.1. The predicted molar refractivity (Wildman–Crippen MR) is 196 cm³/mol. The molecule has 1 aromatic rings. The summed E-state index contributed by atoms with van der Waals surface area (Å²) in [6, 6.07) is 4.18. The summed E-state index contributed by atoms with van der Waals surface area (Å²) in [5.74, 6) is 1.38. The van der Waals surface area contributed by atoms with Crippen molar-refractivity contribution in [2.24, 2.45) is 62.1 Å². The highest BCUT2D eigenvalue weighted by Gasteiger charge is 2.72. The summed E-state index contributed by atoms with van der Waals surface area (Å²) in [5, 5.41) is 14.8. The lowest BCUT2D eigenvalue weighted by atomic mass is 9.32. The van der Waals surface area contributed by atoms with Gasteiger partial charge in [-0.2, -0.15) is 0 Å². The molecule has 0 aliphatic heterocycles. The molecule has 6 rings (SSSR count). The van der Waals surface area contributed by atoms with Crippen molar-refractivity contribution >= 4 is 29.2 Å². The lowest BCUT2D eigenvalue weighted by Gasteiger charge is -2.72. The van der Waals surface area contributed by atoms with E-state index < -0.39 is 11.4 Å². The van der Waals surface area contributed by atoms with Crippen molar-refractivity contribution in [3.63, 3.8) is 0 Å². The minimum atomic E-state index is -0.885. The molecule has 0 bridgehead atoms. The van der Waals surface area contributed by atoms with Gasteiger partial charge in [-0.3, -0.25) is 14.4 Å². The van der Waals surface area contributed by atoms with Crippen molar-refractivity contribution in [2.45, 2.75) is 145 Å². The number of thiophene rings is 1. The molecule has 5 aliphatic rings. The number of carboxylic acid groups (broad SMARTS) is 1. The average molecular weight is 694 g/mol. The third kappa shape index (κ3) is 5.84. The molecule has 1 heterocycles. The van der Waals surface area contributed by atoms with Crippen LogP contribution in [0.4, 0.5) is 0 Å². The number of esters is 1. The number of carbonyl (C=O) groups is 3. The molecule has 6 nitrogen and oxygen atoms in total. The van der Waals surface area contributed by atoms with Crippen LogP contribution < -0.4 is 5.32 Å². The van der Waals surface area contributed by atoms with Gasteiger partial charge in [0.25, 0.3) is 0 Å². The number of amides is 1. The number of aliphatic carboxylic acids is 1. The minimum absolute atomic E-state index is 0.0498. The fourth-order valence-electron chi connectivity index (χ4n) is 13.5. The zero-order valence-electron chi connectivity index (χ0n) is 31.6. The zero-order chi connectivity index (χ0) is 35.8. The van der Waals surface area contributed by atoms with Gasteiger partial charge in [0.05, 0.1) is 24.8 Å². The first-order chi connectivity index (χ1) is 22.8. The Kier molecular flexibility index (Phi) is 9.36. The Labute approximate surface area is 299 Å². The Bertz CT molecular complexity index is 1460. The Morgan fingerprint density at radius 1 is 0.939 bits per heavy atom. The molecule has 5 fully saturated rings. The van der Waals surface area contributed by atoms with E-state index in [2.05, 4.69) is 71.0 Å². The molecule has 2 N–H and O–H groups in total. The molecule has 272 valence electrons. The molecule has 0 radical (unpaired) electrons. The summed E-state index contributed by atoms with van der Waals surface area (Å²) in [4.78, 5) is 40.1. The fourth-order valence-corrected chi connectivity index (χ4v) is 14.2. The molecule has 7 heteroatoms. The van der Waals surface area contributed by atoms with Crippen LogP contribution in [-0.2, 0) is 25.7 Å². The van der Waals surface area contributed by atoms with Crippen LogP contribution in [0.3, 0.4) is 0 Å². The number of carboxylic acids is 1. The summed E-state index contributed by atoms with van der Waals surface area (Å²) in [6.07, 6.45) is 10.6. The quantitative estimate of drug-likeness (QED) is 0.198. The predicted octanol–water partition coefficient (Wildman–Crippen LogP) is 9.82. The third-order valence-corrected chi connectivity index (χ3v) is 16.9. The van der Waals surface area contributed by atoms with Crippen molar-refractivity contribution in [1.29, 1.82) is 0 Å². The van der Waals surface area contributed by atoms with E-state index in [9.17, 15) is 19.5 Å². The summed E-state index contributed by atoms with van der Waals surface area (Å²) < 4.78 is 6.27. The van der Waals surface area contributed by atoms with Crippen molar-refractivity contribution < 1.29 is 24.2 Å². The molecule has 5 saturated carbocycles. The lowest BCUT2D eigenvalue weighted by molar-refractivity contribution is -0.249. The SMILES string of the molecule is C=C(C)[C@@H]1CC[C@]2(C(=O)NCc3cccs3)CC[C@]3(C)[C@H](CC[C@@H]4[C@@]5(C)CC[C@H](OC(=O)CC(C)(C)CC(=O)O)C(C)(C)[C@@H]5CC[C@]43C)[C@@H]12. The van der Waals surface area contributed by atoms with E-state index in [1.807, 2.05) is 13.8 Å². The van der Waals surface area contributed by atoms with Gasteiger partial charge >= 0.3 is 11.9 Å². The molecule has 0 spiro atoms. The Hall–Kier alpha value is -2.15. The topological polar surface area (TPSA) is 92.7 Å². The van der Waals surface area contributed by atoms with E-state index in [0.717, 1.165) is 44.9 Å². The van der Waals surface area contributed by atoms with Crippen molar-refractivity contribution in [3.8, 4) is 0 Å². The number of ether oxygens (including phenoxy) is 1. The second-order valence-corrected chi connectivity index (χ2v) is 20.4. The number of hydrogen-bond donors (Lipinski definition) is 2. The van der Waals surface area contributed by atoms with Crippen molar-refractivity contribution in [2.75, 3.05) is 0 Å². The second-order valence-electron chi connectivity index (χ2n) is 19.4. The highest BCUT2D eigenvalue weighted by Crippen LogP contribution is 2.77. The van der Waals surface area contributed by atoms with Gasteiger partial charge < -0.3 is 15.2 Å². The number of fused-ring (bicyclic) bond motifs is 7. The number of hydrogen-bond acceptors (Lipinski definition) is 5. The molecule has 0 unspecified atom stereocenters. The van der Waals surface area contributed by atoms with Crippen molar-refractivity contribution in [1.82, 2.24) is 5.32 Å². The van der Waals surface area contributed by atoms with Gasteiger partial charge in [-0.05, 0) is 134 Å². The smallest absolute Gasteiger partial charge is 0.306 e. The number of carbonyl (C=O) groups excluding carboxylic acids is 2. The third-order valence-electron chi connectivity index (χ3n) is 16.0. The van der Waals surface area contributed by atoms with Crippen LogP contribution in [0.1, 0.15) is 137 Å². The van der Waals surface area contributed by atoms with Gasteiger partial charge in [0.15, 0.2) is 0 Å². The Balaban J connectivity index is 1.24. The molecular weight excluding hydrogens is 631 g/mol. The van der Waals surface area contributed by atoms with Crippen LogP contribution >= 0.6 is 11.3 Å². The maximum absolute atomic E-state index is 14.3. The molecule has 0 aromatic carbocycles. The van der Waals surface area contributed by atoms with Crippen LogP contribution in [-0.4, -0.2) is 29.1 Å². The number of allylic oxidation sites excluding steroid dienone is 1. The molecular formula is C42H63NO5S. The molecule has 49 heavy (non-hydrogen) atoms. The molecule has 1 aromatic heterocycles. The standard InChI is InChI=1S/C42H63NO5S/c1-26(2)28-14-19-42(36(47)43-25-27-11-10-22-49-27)21-20-40(8)29(35(28)42)12-13-31-39(7)17-16-32(38(5,6)30(39)15-18-41(31,40)9)48-34(46)24-37(3,4)23-33(44)45/h10-11,22,28-32,35H,1,12-21,23-25H2,2-9H3,(H,43,47)(H,44,45)/t28-,29+,30-,31+,32-,35+,39-,40+,41+,42-/m0/s1. The van der Waals surface area contributed by atoms with Gasteiger partial charge in [0, 0.05) is 10.3 Å². The summed E-state index contributed by atoms with van der Waals surface area (Å²) in [6.45, 7) is 23.5. The van der Waals surface area contributed by atoms with E-state index >= 15 is 0 Å². The monoisotopic (exact) mass is 693 g/mol. The molecule has 5 aliphatic carbocycles. The number of rotatable bonds is 9. The Morgan fingerprint density at radius 2 is 1.67 bits per heavy atom. The van der Waals surface area contributed by atoms with E-state index in [-0.39, 0.29) is 57.9 Å². The largest absolute Gasteiger partial charge is 0.481 e. The van der Waals surface area contributed by atoms with Crippen LogP contribution in [0.15, 0.2) is 29.7 Å². The Morgan fingerprint density at radius 3 is 2.33 bits per heavy atom. The fraction of sp³-hybridized carbons (Fsp3) is 0.786. The number of nitrogens with one attached hydrogen (secondary N) is 1. The highest BCUT2D eigenvalue weighted by molar-refractivity contribution is 7.09. The van der Waals surface area contributed by atoms with Crippen LogP contribution in [0.5, 0.6) is 0 Å². The summed E-state index contributed by atoms with van der Waals surface area (Å²) in [5.41, 5.74) is 0.603. The van der Waals surface area contributed by atoms with E-state index in [1.165, 1.54) is 29.7 Å². The maximum Gasteiger partial charge on any atom is 0.306 e. The van der Waals surface area contributed by atoms with Gasteiger partial charge in [0.1, 0.15) is 6.10 Å². The summed E-state index contributed by atoms with van der Waals surface area (Å²) >= 11 is 1.71. The van der Waals surface area contributed by atoms with Crippen LogP contribution in [0.2, 0.25) is 0 Å². The van der Waals surface area contributed by atoms with E-state index in [0.29, 0.717) is 36.1 Å². The zero-order valence-corrected chi connectivity index (χ0v) is 32.4. The first kappa shape index (κ1) is 36.6. The van der Waals surface area contributed by atoms with Crippen LogP contribution in [0.25, 0.3) is 0 Å². The lowest BCUT2D eigenvalue weighted by Crippen LogP contribution is -2.67. The minimum Gasteiger partial charge on any atom is -0.481 e. The van der Waals surface area contributed by atoms with Gasteiger partial charge in [-0.25, -0.2) is 0 Å². The average Bonchev–Trinajstić information content (AvgIpc) is 3.66. The first-order valence-electron chi connectivity index (χ1n) is 19.2. The van der Waals surface area contributed by atoms with Gasteiger partial charge in [-0.15, -0.1) is 11.3 Å².